The van der Waals surface area contributed by atoms with Gasteiger partial charge >= 0.3 is 0 Å². The lowest BCUT2D eigenvalue weighted by atomic mass is 9.89. The number of hydrogen-bond acceptors (Lipinski definition) is 4. The van der Waals surface area contributed by atoms with Gasteiger partial charge in [0.25, 0.3) is 5.91 Å². The van der Waals surface area contributed by atoms with Gasteiger partial charge in [0.15, 0.2) is 5.11 Å². The van der Waals surface area contributed by atoms with Gasteiger partial charge < -0.3 is 15.5 Å². The molecule has 3 heterocycles. The second kappa shape index (κ2) is 6.71. The van der Waals surface area contributed by atoms with Crippen LogP contribution >= 0.6 is 28.1 Å². The molecule has 2 fully saturated rings. The maximum atomic E-state index is 13.5. The molecule has 6 rings (SSSR count). The number of nitrogens with zero attached hydrogens (tertiary/aromatic N) is 3. The average Bonchev–Trinajstić information content (AvgIpc) is 3.53. The predicted molar refractivity (Wildman–Crippen MR) is 126 cm³/mol. The molecule has 6 nitrogen and oxygen atoms in total. The first-order valence-electron chi connectivity index (χ1n) is 10.4. The van der Waals surface area contributed by atoms with Crippen molar-refractivity contribution in [1.82, 2.24) is 14.5 Å². The van der Waals surface area contributed by atoms with Crippen molar-refractivity contribution in [2.45, 2.75) is 37.4 Å². The van der Waals surface area contributed by atoms with E-state index in [4.69, 9.17) is 22.8 Å². The minimum atomic E-state index is -0.308. The quantitative estimate of drug-likeness (QED) is 0.442. The minimum Gasteiger partial charge on any atom is -0.497 e. The van der Waals surface area contributed by atoms with Crippen LogP contribution in [0, 0.1) is 0 Å². The Balaban J connectivity index is 1.59. The van der Waals surface area contributed by atoms with Gasteiger partial charge in [0.1, 0.15) is 11.8 Å². The van der Waals surface area contributed by atoms with Crippen LogP contribution in [-0.2, 0) is 11.2 Å². The van der Waals surface area contributed by atoms with Gasteiger partial charge in [-0.2, -0.15) is 0 Å². The molecule has 3 aromatic rings. The first-order valence-corrected chi connectivity index (χ1v) is 11.6. The third-order valence-electron chi connectivity index (χ3n) is 6.68. The summed E-state index contributed by atoms with van der Waals surface area (Å²) in [5.41, 5.74) is 4.09. The summed E-state index contributed by atoms with van der Waals surface area (Å²) in [4.78, 5) is 17.4. The van der Waals surface area contributed by atoms with Crippen molar-refractivity contribution >= 4 is 50.1 Å². The number of rotatable bonds is 3. The zero-order valence-electron chi connectivity index (χ0n) is 16.9. The average molecular weight is 497 g/mol. The number of thiocarbonyl (C=S) groups is 1. The second-order valence-electron chi connectivity index (χ2n) is 8.42. The fourth-order valence-corrected chi connectivity index (χ4v) is 5.92. The normalized spacial score (nSPS) is 22.8. The number of fused-ring (bicyclic) bond motifs is 4. The van der Waals surface area contributed by atoms with Crippen molar-refractivity contribution in [3.63, 3.8) is 0 Å². The van der Waals surface area contributed by atoms with E-state index in [1.807, 2.05) is 41.3 Å². The Hall–Kier alpha value is -2.58. The van der Waals surface area contributed by atoms with E-state index < -0.39 is 0 Å². The molecule has 2 atom stereocenters. The van der Waals surface area contributed by atoms with Crippen LogP contribution in [0.15, 0.2) is 46.9 Å². The van der Waals surface area contributed by atoms with Crippen LogP contribution in [0.5, 0.6) is 5.75 Å². The molecule has 0 radical (unpaired) electrons. The van der Waals surface area contributed by atoms with Gasteiger partial charge in [-0.1, -0.05) is 28.1 Å². The largest absolute Gasteiger partial charge is 0.497 e. The van der Waals surface area contributed by atoms with Gasteiger partial charge in [0, 0.05) is 22.3 Å². The third-order valence-corrected chi connectivity index (χ3v) is 7.58. The molecule has 2 N–H and O–H groups in total. The number of nitrogens with two attached hydrogens (primary N) is 1. The molecule has 1 aliphatic carbocycles. The number of carbonyl (C=O) groups is 1. The van der Waals surface area contributed by atoms with Crippen LogP contribution in [-0.4, -0.2) is 44.7 Å². The lowest BCUT2D eigenvalue weighted by Crippen LogP contribution is -2.45. The van der Waals surface area contributed by atoms with Crippen molar-refractivity contribution < 1.29 is 9.53 Å². The Morgan fingerprint density at radius 2 is 1.90 bits per heavy atom. The number of amides is 1. The summed E-state index contributed by atoms with van der Waals surface area (Å²) in [6.45, 7) is 0. The van der Waals surface area contributed by atoms with Crippen molar-refractivity contribution in [1.29, 1.82) is 0 Å². The molecule has 2 unspecified atom stereocenters. The Bertz CT molecular complexity index is 1250. The fourth-order valence-electron chi connectivity index (χ4n) is 5.09. The molecule has 31 heavy (non-hydrogen) atoms. The summed E-state index contributed by atoms with van der Waals surface area (Å²) >= 11 is 9.47. The number of nitrogen functional groups attached to an aromatic ring is 1. The maximum Gasteiger partial charge on any atom is 0.252 e. The molecule has 1 saturated heterocycles. The smallest absolute Gasteiger partial charge is 0.252 e. The molecule has 2 aromatic carbocycles. The third kappa shape index (κ3) is 2.67. The molecule has 1 amide bonds. The molecule has 2 aliphatic heterocycles. The number of carbonyl (C=O) groups excluding carboxylic acids is 1. The molecule has 1 saturated carbocycles. The Morgan fingerprint density at radius 3 is 2.58 bits per heavy atom. The lowest BCUT2D eigenvalue weighted by molar-refractivity contribution is -0.128. The molecule has 3 aliphatic rings. The summed E-state index contributed by atoms with van der Waals surface area (Å²) in [5, 5.41) is 1.70. The number of benzene rings is 2. The highest BCUT2D eigenvalue weighted by atomic mass is 79.9. The van der Waals surface area contributed by atoms with Gasteiger partial charge in [-0.3, -0.25) is 14.4 Å². The number of halogens is 1. The zero-order valence-corrected chi connectivity index (χ0v) is 19.3. The van der Waals surface area contributed by atoms with E-state index in [0.717, 1.165) is 50.8 Å². The monoisotopic (exact) mass is 496 g/mol. The highest BCUT2D eigenvalue weighted by Gasteiger charge is 2.54. The van der Waals surface area contributed by atoms with E-state index in [0.29, 0.717) is 11.5 Å². The number of methoxy groups -OCH3 is 1. The molecule has 0 bridgehead atoms. The maximum absolute atomic E-state index is 13.5. The fraction of sp³-hybridized carbons (Fsp3) is 0.304. The number of ether oxygens (including phenoxy) is 1. The summed E-state index contributed by atoms with van der Waals surface area (Å²) in [6.07, 6.45) is 2.64. The molecule has 8 heteroatoms. The molecular weight excluding hydrogens is 476 g/mol. The summed E-state index contributed by atoms with van der Waals surface area (Å²) in [5.74, 6) is 7.57. The second-order valence-corrected chi connectivity index (χ2v) is 9.70. The SMILES string of the molecule is COc1ccc(C2c3c(c4cc(Br)ccc4n3N)CC3C(=O)N(C4CC4)C(=S)N32)cc1. The Kier molecular flexibility index (Phi) is 4.14. The first kappa shape index (κ1) is 19.1. The van der Waals surface area contributed by atoms with Gasteiger partial charge in [0.05, 0.1) is 24.4 Å². The van der Waals surface area contributed by atoms with E-state index in [-0.39, 0.29) is 24.0 Å². The molecule has 158 valence electrons. The van der Waals surface area contributed by atoms with Crippen LogP contribution < -0.4 is 10.6 Å². The minimum absolute atomic E-state index is 0.115. The lowest BCUT2D eigenvalue weighted by Gasteiger charge is -2.38. The highest BCUT2D eigenvalue weighted by Crippen LogP contribution is 2.47. The first-order chi connectivity index (χ1) is 15.0. The number of hydrogen-bond donors (Lipinski definition) is 1. The van der Waals surface area contributed by atoms with Gasteiger partial charge in [0.2, 0.25) is 0 Å². The number of aromatic nitrogens is 1. The van der Waals surface area contributed by atoms with Crippen molar-refractivity contribution in [3.05, 3.63) is 63.8 Å². The summed E-state index contributed by atoms with van der Waals surface area (Å²) in [6, 6.07) is 13.8. The topological polar surface area (TPSA) is 63.7 Å². The van der Waals surface area contributed by atoms with Crippen LogP contribution in [0.3, 0.4) is 0 Å². The van der Waals surface area contributed by atoms with Gasteiger partial charge in [-0.25, -0.2) is 0 Å². The van der Waals surface area contributed by atoms with E-state index in [1.165, 1.54) is 0 Å². The van der Waals surface area contributed by atoms with E-state index in [9.17, 15) is 4.79 Å². The van der Waals surface area contributed by atoms with Crippen LogP contribution in [0.4, 0.5) is 0 Å². The van der Waals surface area contributed by atoms with Crippen molar-refractivity contribution in [2.24, 2.45) is 0 Å². The standard InChI is InChI=1S/C23H21BrN4O2S/c1-30-15-7-2-12(3-8-15)20-21-17(16-10-13(24)4-9-18(16)28(21)25)11-19-22(29)26(14-5-6-14)23(31)27(19)20/h2-4,7-10,14,19-20H,5-6,11,25H2,1H3. The molecular formula is C23H21BrN4O2S. The highest BCUT2D eigenvalue weighted by molar-refractivity contribution is 9.10. The summed E-state index contributed by atoms with van der Waals surface area (Å²) in [7, 11) is 1.65. The van der Waals surface area contributed by atoms with Gasteiger partial charge in [-0.15, -0.1) is 0 Å². The molecule has 1 aromatic heterocycles. The van der Waals surface area contributed by atoms with Gasteiger partial charge in [-0.05, 0) is 66.5 Å². The Morgan fingerprint density at radius 1 is 1.16 bits per heavy atom. The van der Waals surface area contributed by atoms with E-state index in [2.05, 4.69) is 26.9 Å². The van der Waals surface area contributed by atoms with Crippen molar-refractivity contribution in [3.8, 4) is 5.75 Å². The summed E-state index contributed by atoms with van der Waals surface area (Å²) < 4.78 is 8.12. The van der Waals surface area contributed by atoms with Crippen molar-refractivity contribution in [2.75, 3.05) is 13.0 Å². The van der Waals surface area contributed by atoms with Crippen LogP contribution in [0.2, 0.25) is 0 Å². The predicted octanol–water partition coefficient (Wildman–Crippen LogP) is 3.73. The van der Waals surface area contributed by atoms with Crippen LogP contribution in [0.25, 0.3) is 10.9 Å². The zero-order chi connectivity index (χ0) is 21.4. The van der Waals surface area contributed by atoms with E-state index in [1.54, 1.807) is 11.8 Å². The van der Waals surface area contributed by atoms with E-state index >= 15 is 0 Å². The van der Waals surface area contributed by atoms with Crippen LogP contribution in [0.1, 0.15) is 35.7 Å². The molecule has 0 spiro atoms. The Labute approximate surface area is 193 Å².